The maximum atomic E-state index is 9.50. The summed E-state index contributed by atoms with van der Waals surface area (Å²) in [4.78, 5) is 2.47. The van der Waals surface area contributed by atoms with Crippen molar-refractivity contribution in [3.05, 3.63) is 24.3 Å². The fourth-order valence-electron chi connectivity index (χ4n) is 2.96. The Morgan fingerprint density at radius 3 is 2.55 bits per heavy atom. The van der Waals surface area contributed by atoms with Gasteiger partial charge in [-0.1, -0.05) is 12.1 Å². The standard InChI is InChI=1S/C16H24N2O2/c19-11-16(12-20-13-16)10-17-14-6-2-3-7-15(14)18-8-4-1-5-9-18/h2-3,6-7,17,19H,1,4-5,8-13H2. The van der Waals surface area contributed by atoms with Crippen LogP contribution in [-0.2, 0) is 4.74 Å². The van der Waals surface area contributed by atoms with Crippen molar-refractivity contribution < 1.29 is 9.84 Å². The van der Waals surface area contributed by atoms with Gasteiger partial charge in [0.15, 0.2) is 0 Å². The molecule has 0 bridgehead atoms. The van der Waals surface area contributed by atoms with Crippen molar-refractivity contribution in [1.29, 1.82) is 0 Å². The molecule has 0 atom stereocenters. The lowest BCUT2D eigenvalue weighted by Crippen LogP contribution is -2.50. The first-order valence-corrected chi connectivity index (χ1v) is 7.59. The summed E-state index contributed by atoms with van der Waals surface area (Å²) in [6.07, 6.45) is 3.91. The minimum absolute atomic E-state index is 0.0883. The summed E-state index contributed by atoms with van der Waals surface area (Å²) in [5.74, 6) is 0. The molecule has 0 aliphatic carbocycles. The van der Waals surface area contributed by atoms with E-state index in [1.807, 2.05) is 0 Å². The monoisotopic (exact) mass is 276 g/mol. The van der Waals surface area contributed by atoms with Gasteiger partial charge in [-0.05, 0) is 31.4 Å². The van der Waals surface area contributed by atoms with Crippen molar-refractivity contribution >= 4 is 11.4 Å². The van der Waals surface area contributed by atoms with Gasteiger partial charge in [0.25, 0.3) is 0 Å². The van der Waals surface area contributed by atoms with Crippen molar-refractivity contribution in [1.82, 2.24) is 0 Å². The van der Waals surface area contributed by atoms with E-state index in [0.717, 1.165) is 19.6 Å². The Morgan fingerprint density at radius 2 is 1.90 bits per heavy atom. The molecule has 0 amide bonds. The highest BCUT2D eigenvalue weighted by atomic mass is 16.5. The number of piperidine rings is 1. The number of hydrogen-bond donors (Lipinski definition) is 2. The molecular formula is C16H24N2O2. The van der Waals surface area contributed by atoms with Crippen molar-refractivity contribution in [2.45, 2.75) is 19.3 Å². The summed E-state index contributed by atoms with van der Waals surface area (Å²) in [6.45, 7) is 4.56. The molecule has 2 fully saturated rings. The van der Waals surface area contributed by atoms with E-state index in [9.17, 15) is 5.11 Å². The molecule has 2 N–H and O–H groups in total. The number of ether oxygens (including phenoxy) is 1. The molecule has 2 heterocycles. The molecule has 0 saturated carbocycles. The van der Waals surface area contributed by atoms with Gasteiger partial charge in [-0.2, -0.15) is 0 Å². The van der Waals surface area contributed by atoms with Crippen molar-refractivity contribution in [2.75, 3.05) is 49.7 Å². The van der Waals surface area contributed by atoms with E-state index in [1.165, 1.54) is 30.6 Å². The zero-order chi connectivity index (χ0) is 13.8. The highest BCUT2D eigenvalue weighted by molar-refractivity contribution is 5.70. The molecule has 0 spiro atoms. The summed E-state index contributed by atoms with van der Waals surface area (Å²) in [5, 5.41) is 13.0. The number of anilines is 2. The van der Waals surface area contributed by atoms with E-state index < -0.39 is 0 Å². The highest BCUT2D eigenvalue weighted by Gasteiger charge is 2.38. The average Bonchev–Trinajstić information content (AvgIpc) is 2.48. The quantitative estimate of drug-likeness (QED) is 0.864. The smallest absolute Gasteiger partial charge is 0.0602 e. The second-order valence-electron chi connectivity index (χ2n) is 6.07. The molecule has 0 unspecified atom stereocenters. The van der Waals surface area contributed by atoms with E-state index >= 15 is 0 Å². The first-order valence-electron chi connectivity index (χ1n) is 7.59. The average molecular weight is 276 g/mol. The predicted molar refractivity (Wildman–Crippen MR) is 81.3 cm³/mol. The third kappa shape index (κ3) is 2.76. The van der Waals surface area contributed by atoms with Crippen LogP contribution in [0, 0.1) is 5.41 Å². The maximum absolute atomic E-state index is 9.50. The van der Waals surface area contributed by atoms with E-state index in [4.69, 9.17) is 4.74 Å². The molecule has 4 nitrogen and oxygen atoms in total. The Hall–Kier alpha value is -1.26. The topological polar surface area (TPSA) is 44.7 Å². The summed E-state index contributed by atoms with van der Waals surface area (Å²) in [6, 6.07) is 8.49. The van der Waals surface area contributed by atoms with Gasteiger partial charge in [-0.3, -0.25) is 0 Å². The van der Waals surface area contributed by atoms with Crippen molar-refractivity contribution in [2.24, 2.45) is 5.41 Å². The zero-order valence-corrected chi connectivity index (χ0v) is 12.0. The number of nitrogens with one attached hydrogen (secondary N) is 1. The number of para-hydroxylation sites is 2. The van der Waals surface area contributed by atoms with Gasteiger partial charge in [0.05, 0.1) is 36.6 Å². The number of aliphatic hydroxyl groups excluding tert-OH is 1. The molecule has 2 aliphatic heterocycles. The summed E-state index contributed by atoms with van der Waals surface area (Å²) < 4.78 is 5.25. The fourth-order valence-corrected chi connectivity index (χ4v) is 2.96. The third-order valence-corrected chi connectivity index (χ3v) is 4.41. The molecule has 1 aromatic carbocycles. The van der Waals surface area contributed by atoms with E-state index in [2.05, 4.69) is 34.5 Å². The minimum atomic E-state index is -0.0883. The Bertz CT molecular complexity index is 434. The second kappa shape index (κ2) is 6.02. The molecule has 110 valence electrons. The first-order chi connectivity index (χ1) is 9.83. The van der Waals surface area contributed by atoms with Crippen molar-refractivity contribution in [3.63, 3.8) is 0 Å². The van der Waals surface area contributed by atoms with Gasteiger partial charge in [0.2, 0.25) is 0 Å². The van der Waals surface area contributed by atoms with Gasteiger partial charge in [-0.25, -0.2) is 0 Å². The highest BCUT2D eigenvalue weighted by Crippen LogP contribution is 2.31. The molecule has 2 saturated heterocycles. The van der Waals surface area contributed by atoms with Gasteiger partial charge in [-0.15, -0.1) is 0 Å². The number of benzene rings is 1. The lowest BCUT2D eigenvalue weighted by Gasteiger charge is -2.40. The zero-order valence-electron chi connectivity index (χ0n) is 12.0. The van der Waals surface area contributed by atoms with Gasteiger partial charge < -0.3 is 20.1 Å². The lowest BCUT2D eigenvalue weighted by atomic mass is 9.87. The van der Waals surface area contributed by atoms with Crippen LogP contribution < -0.4 is 10.2 Å². The summed E-state index contributed by atoms with van der Waals surface area (Å²) in [5.41, 5.74) is 2.38. The van der Waals surface area contributed by atoms with Crippen LogP contribution in [0.5, 0.6) is 0 Å². The Morgan fingerprint density at radius 1 is 1.15 bits per heavy atom. The summed E-state index contributed by atoms with van der Waals surface area (Å²) >= 11 is 0. The van der Waals surface area contributed by atoms with Crippen LogP contribution in [0.2, 0.25) is 0 Å². The molecule has 1 aromatic rings. The van der Waals surface area contributed by atoms with Crippen LogP contribution in [-0.4, -0.2) is 44.6 Å². The number of aliphatic hydroxyl groups is 1. The van der Waals surface area contributed by atoms with Crippen molar-refractivity contribution in [3.8, 4) is 0 Å². The predicted octanol–water partition coefficient (Wildman–Crippen LogP) is 2.10. The molecule has 0 radical (unpaired) electrons. The van der Waals surface area contributed by atoms with Crippen LogP contribution in [0.1, 0.15) is 19.3 Å². The van der Waals surface area contributed by atoms with Gasteiger partial charge in [0.1, 0.15) is 0 Å². The SMILES string of the molecule is OCC1(CNc2ccccc2N2CCCCC2)COC1. The molecule has 4 heteroatoms. The Kier molecular flexibility index (Phi) is 4.13. The fraction of sp³-hybridized carbons (Fsp3) is 0.625. The van der Waals surface area contributed by atoms with Gasteiger partial charge >= 0.3 is 0 Å². The van der Waals surface area contributed by atoms with Crippen LogP contribution in [0.3, 0.4) is 0 Å². The molecule has 20 heavy (non-hydrogen) atoms. The number of hydrogen-bond acceptors (Lipinski definition) is 4. The normalized spacial score (nSPS) is 21.4. The summed E-state index contributed by atoms with van der Waals surface area (Å²) in [7, 11) is 0. The maximum Gasteiger partial charge on any atom is 0.0602 e. The molecule has 3 rings (SSSR count). The first kappa shape index (κ1) is 13.7. The minimum Gasteiger partial charge on any atom is -0.396 e. The molecule has 2 aliphatic rings. The van der Waals surface area contributed by atoms with Crippen LogP contribution >= 0.6 is 0 Å². The Labute approximate surface area is 120 Å². The molecular weight excluding hydrogens is 252 g/mol. The Balaban J connectivity index is 1.69. The second-order valence-corrected chi connectivity index (χ2v) is 6.07. The van der Waals surface area contributed by atoms with Crippen LogP contribution in [0.15, 0.2) is 24.3 Å². The van der Waals surface area contributed by atoms with E-state index in [0.29, 0.717) is 13.2 Å². The van der Waals surface area contributed by atoms with Gasteiger partial charge in [0, 0.05) is 19.6 Å². The largest absolute Gasteiger partial charge is 0.396 e. The van der Waals surface area contributed by atoms with Crippen LogP contribution in [0.4, 0.5) is 11.4 Å². The molecule has 0 aromatic heterocycles. The number of nitrogens with zero attached hydrogens (tertiary/aromatic N) is 1. The number of rotatable bonds is 5. The lowest BCUT2D eigenvalue weighted by molar-refractivity contribution is -0.128. The van der Waals surface area contributed by atoms with E-state index in [1.54, 1.807) is 0 Å². The third-order valence-electron chi connectivity index (χ3n) is 4.41. The van der Waals surface area contributed by atoms with Crippen LogP contribution in [0.25, 0.3) is 0 Å². The van der Waals surface area contributed by atoms with E-state index in [-0.39, 0.29) is 12.0 Å².